The first-order chi connectivity index (χ1) is 8.25. The molecule has 1 aliphatic carbocycles. The first-order valence-electron chi connectivity index (χ1n) is 5.80. The number of hydrogen-bond acceptors (Lipinski definition) is 2. The number of anilines is 2. The van der Waals surface area contributed by atoms with E-state index in [0.717, 1.165) is 16.1 Å². The number of aryl methyl sites for hydroxylation is 1. The fourth-order valence-electron chi connectivity index (χ4n) is 1.92. The van der Waals surface area contributed by atoms with Gasteiger partial charge < -0.3 is 9.88 Å². The summed E-state index contributed by atoms with van der Waals surface area (Å²) in [5, 5.41) is 3.39. The fourth-order valence-corrected chi connectivity index (χ4v) is 2.29. The zero-order chi connectivity index (χ0) is 11.8. The normalized spacial score (nSPS) is 14.9. The highest BCUT2D eigenvalue weighted by molar-refractivity contribution is 9.10. The lowest BCUT2D eigenvalue weighted by molar-refractivity contribution is 0.751. The van der Waals surface area contributed by atoms with E-state index in [4.69, 9.17) is 0 Å². The summed E-state index contributed by atoms with van der Waals surface area (Å²) in [6.07, 6.45) is 6.42. The lowest BCUT2D eigenvalue weighted by Gasteiger charge is -2.11. The molecule has 3 rings (SSSR count). The van der Waals surface area contributed by atoms with Crippen molar-refractivity contribution >= 4 is 27.6 Å². The Bertz CT molecular complexity index is 543. The van der Waals surface area contributed by atoms with E-state index in [2.05, 4.69) is 49.9 Å². The van der Waals surface area contributed by atoms with E-state index >= 15 is 0 Å². The maximum atomic E-state index is 4.37. The van der Waals surface area contributed by atoms with Crippen LogP contribution in [0.3, 0.4) is 0 Å². The van der Waals surface area contributed by atoms with E-state index in [1.807, 2.05) is 18.5 Å². The molecule has 0 bridgehead atoms. The largest absolute Gasteiger partial charge is 0.325 e. The summed E-state index contributed by atoms with van der Waals surface area (Å²) >= 11 is 3.60. The van der Waals surface area contributed by atoms with Crippen LogP contribution in [0.4, 0.5) is 11.6 Å². The van der Waals surface area contributed by atoms with Crippen LogP contribution >= 0.6 is 15.9 Å². The van der Waals surface area contributed by atoms with Gasteiger partial charge in [-0.15, -0.1) is 0 Å². The van der Waals surface area contributed by atoms with Crippen molar-refractivity contribution in [1.82, 2.24) is 9.55 Å². The third-order valence-corrected chi connectivity index (χ3v) is 4.10. The van der Waals surface area contributed by atoms with Crippen LogP contribution < -0.4 is 5.32 Å². The summed E-state index contributed by atoms with van der Waals surface area (Å²) in [6.45, 7) is 2.09. The zero-order valence-electron chi connectivity index (χ0n) is 9.65. The van der Waals surface area contributed by atoms with E-state index in [0.29, 0.717) is 6.04 Å². The van der Waals surface area contributed by atoms with Gasteiger partial charge in [0.15, 0.2) is 0 Å². The molecule has 0 amide bonds. The molecule has 88 valence electrons. The Morgan fingerprint density at radius 2 is 2.24 bits per heavy atom. The lowest BCUT2D eigenvalue weighted by Crippen LogP contribution is -2.02. The van der Waals surface area contributed by atoms with Crippen molar-refractivity contribution < 1.29 is 0 Å². The molecule has 1 fully saturated rings. The van der Waals surface area contributed by atoms with Gasteiger partial charge in [-0.25, -0.2) is 4.98 Å². The topological polar surface area (TPSA) is 29.9 Å². The average Bonchev–Trinajstić information content (AvgIpc) is 3.06. The van der Waals surface area contributed by atoms with Crippen LogP contribution in [0.5, 0.6) is 0 Å². The molecule has 1 aromatic heterocycles. The van der Waals surface area contributed by atoms with Crippen LogP contribution in [-0.4, -0.2) is 9.55 Å². The van der Waals surface area contributed by atoms with Crippen LogP contribution in [0.15, 0.2) is 35.1 Å². The second-order valence-electron chi connectivity index (χ2n) is 4.45. The van der Waals surface area contributed by atoms with Gasteiger partial charge in [0, 0.05) is 22.9 Å². The maximum Gasteiger partial charge on any atom is 0.207 e. The molecule has 0 atom stereocenters. The van der Waals surface area contributed by atoms with Crippen molar-refractivity contribution in [2.45, 2.75) is 25.8 Å². The molecule has 0 unspecified atom stereocenters. The molecule has 0 saturated heterocycles. The molecule has 1 N–H and O–H groups in total. The minimum absolute atomic E-state index is 0.642. The molecule has 1 aromatic carbocycles. The molecule has 0 radical (unpaired) electrons. The second kappa shape index (κ2) is 4.18. The summed E-state index contributed by atoms with van der Waals surface area (Å²) in [7, 11) is 0. The number of rotatable bonds is 3. The van der Waals surface area contributed by atoms with Gasteiger partial charge in [-0.05, 0) is 47.3 Å². The highest BCUT2D eigenvalue weighted by Crippen LogP contribution is 2.38. The van der Waals surface area contributed by atoms with Gasteiger partial charge in [0.2, 0.25) is 5.95 Å². The third-order valence-electron chi connectivity index (χ3n) is 3.05. The highest BCUT2D eigenvalue weighted by atomic mass is 79.9. The first kappa shape index (κ1) is 10.8. The van der Waals surface area contributed by atoms with Crippen molar-refractivity contribution in [2.24, 2.45) is 0 Å². The highest BCUT2D eigenvalue weighted by Gasteiger charge is 2.25. The second-order valence-corrected chi connectivity index (χ2v) is 5.24. The standard InChI is InChI=1S/C13H14BrN3/c1-9-3-2-4-11(12(9)14)16-13-15-7-8-17(13)10-5-6-10/h2-4,7-8,10H,5-6H2,1H3,(H,15,16). The van der Waals surface area contributed by atoms with Crippen molar-refractivity contribution in [1.29, 1.82) is 0 Å². The zero-order valence-corrected chi connectivity index (χ0v) is 11.2. The smallest absolute Gasteiger partial charge is 0.207 e. The van der Waals surface area contributed by atoms with E-state index in [1.165, 1.54) is 18.4 Å². The summed E-state index contributed by atoms with van der Waals surface area (Å²) in [4.78, 5) is 4.37. The number of aromatic nitrogens is 2. The number of benzene rings is 1. The molecule has 0 aliphatic heterocycles. The first-order valence-corrected chi connectivity index (χ1v) is 6.60. The predicted octanol–water partition coefficient (Wildman–Crippen LogP) is 4.03. The predicted molar refractivity (Wildman–Crippen MR) is 72.7 cm³/mol. The molecule has 1 aliphatic rings. The summed E-state index contributed by atoms with van der Waals surface area (Å²) in [6, 6.07) is 6.84. The third kappa shape index (κ3) is 2.09. The number of halogens is 1. The van der Waals surface area contributed by atoms with Crippen LogP contribution in [-0.2, 0) is 0 Å². The van der Waals surface area contributed by atoms with E-state index in [1.54, 1.807) is 0 Å². The van der Waals surface area contributed by atoms with Crippen LogP contribution in [0, 0.1) is 6.92 Å². The Balaban J connectivity index is 1.91. The number of hydrogen-bond donors (Lipinski definition) is 1. The Kier molecular flexibility index (Phi) is 2.67. The SMILES string of the molecule is Cc1cccc(Nc2nccn2C2CC2)c1Br. The number of imidazole rings is 1. The fraction of sp³-hybridized carbons (Fsp3) is 0.308. The van der Waals surface area contributed by atoms with Crippen molar-refractivity contribution in [3.63, 3.8) is 0 Å². The summed E-state index contributed by atoms with van der Waals surface area (Å²) in [5.41, 5.74) is 2.29. The van der Waals surface area contributed by atoms with Gasteiger partial charge >= 0.3 is 0 Å². The minimum Gasteiger partial charge on any atom is -0.325 e. The van der Waals surface area contributed by atoms with Gasteiger partial charge in [-0.2, -0.15) is 0 Å². The van der Waals surface area contributed by atoms with E-state index < -0.39 is 0 Å². The van der Waals surface area contributed by atoms with Crippen LogP contribution in [0.2, 0.25) is 0 Å². The minimum atomic E-state index is 0.642. The number of nitrogens with one attached hydrogen (secondary N) is 1. The molecule has 0 spiro atoms. The van der Waals surface area contributed by atoms with Crippen molar-refractivity contribution in [3.8, 4) is 0 Å². The van der Waals surface area contributed by atoms with Gasteiger partial charge in [-0.3, -0.25) is 0 Å². The van der Waals surface area contributed by atoms with Crippen LogP contribution in [0.1, 0.15) is 24.4 Å². The van der Waals surface area contributed by atoms with Gasteiger partial charge in [0.25, 0.3) is 0 Å². The molecule has 3 nitrogen and oxygen atoms in total. The molecule has 2 aromatic rings. The monoisotopic (exact) mass is 291 g/mol. The van der Waals surface area contributed by atoms with Gasteiger partial charge in [0.1, 0.15) is 0 Å². The Hall–Kier alpha value is -1.29. The Labute approximate surface area is 109 Å². The quantitative estimate of drug-likeness (QED) is 0.925. The molecule has 4 heteroatoms. The van der Waals surface area contributed by atoms with E-state index in [9.17, 15) is 0 Å². The average molecular weight is 292 g/mol. The van der Waals surface area contributed by atoms with E-state index in [-0.39, 0.29) is 0 Å². The van der Waals surface area contributed by atoms with Crippen molar-refractivity contribution in [3.05, 3.63) is 40.6 Å². The Morgan fingerprint density at radius 3 is 3.00 bits per heavy atom. The van der Waals surface area contributed by atoms with Crippen molar-refractivity contribution in [2.75, 3.05) is 5.32 Å². The molecular weight excluding hydrogens is 278 g/mol. The summed E-state index contributed by atoms with van der Waals surface area (Å²) < 4.78 is 3.32. The Morgan fingerprint density at radius 1 is 1.41 bits per heavy atom. The molecule has 1 heterocycles. The number of nitrogens with zero attached hydrogens (tertiary/aromatic N) is 2. The molecule has 1 saturated carbocycles. The van der Waals surface area contributed by atoms with Crippen LogP contribution in [0.25, 0.3) is 0 Å². The maximum absolute atomic E-state index is 4.37. The summed E-state index contributed by atoms with van der Waals surface area (Å²) in [5.74, 6) is 0.929. The van der Waals surface area contributed by atoms with Gasteiger partial charge in [-0.1, -0.05) is 12.1 Å². The van der Waals surface area contributed by atoms with Gasteiger partial charge in [0.05, 0.1) is 5.69 Å². The lowest BCUT2D eigenvalue weighted by atomic mass is 10.2. The molecular formula is C13H14BrN3. The molecule has 17 heavy (non-hydrogen) atoms.